The fourth-order valence-corrected chi connectivity index (χ4v) is 0.843. The maximum absolute atomic E-state index is 10.2. The summed E-state index contributed by atoms with van der Waals surface area (Å²) in [7, 11) is 0. The number of aliphatic hydroxyl groups is 1. The van der Waals surface area contributed by atoms with Gasteiger partial charge in [0, 0.05) is 0 Å². The lowest BCUT2D eigenvalue weighted by Crippen LogP contribution is -2.33. The largest absolute Gasteiger partial charge is 0.479 e. The van der Waals surface area contributed by atoms with Crippen LogP contribution >= 0.6 is 0 Å². The van der Waals surface area contributed by atoms with Gasteiger partial charge in [-0.25, -0.2) is 4.79 Å². The molecule has 1 aliphatic rings. The topological polar surface area (TPSA) is 57.5 Å². The Morgan fingerprint density at radius 2 is 2.33 bits per heavy atom. The Hall–Kier alpha value is -0.830. The zero-order valence-electron chi connectivity index (χ0n) is 4.87. The molecule has 0 fully saturated rings. The van der Waals surface area contributed by atoms with Gasteiger partial charge in [-0.15, -0.1) is 0 Å². The lowest BCUT2D eigenvalue weighted by Gasteiger charge is -2.12. The Balaban J connectivity index is 2.74. The minimum absolute atomic E-state index is 0.308. The molecule has 0 spiro atoms. The maximum Gasteiger partial charge on any atom is 0.339 e. The summed E-state index contributed by atoms with van der Waals surface area (Å²) < 4.78 is 0. The van der Waals surface area contributed by atoms with Gasteiger partial charge in [0.1, 0.15) is 0 Å². The third-order valence-corrected chi connectivity index (χ3v) is 1.46. The van der Waals surface area contributed by atoms with Crippen LogP contribution in [0.4, 0.5) is 0 Å². The molecule has 1 atom stereocenters. The summed E-state index contributed by atoms with van der Waals surface area (Å²) in [6, 6.07) is 0. The van der Waals surface area contributed by atoms with Gasteiger partial charge in [-0.2, -0.15) is 0 Å². The Morgan fingerprint density at radius 3 is 2.56 bits per heavy atom. The number of carboxylic acid groups (broad SMARTS) is 1. The second-order valence-corrected chi connectivity index (χ2v) is 2.17. The van der Waals surface area contributed by atoms with Crippen LogP contribution in [0.3, 0.4) is 0 Å². The number of hydrogen-bond donors (Lipinski definition) is 2. The van der Waals surface area contributed by atoms with Crippen molar-refractivity contribution in [1.82, 2.24) is 0 Å². The van der Waals surface area contributed by atoms with Gasteiger partial charge < -0.3 is 10.2 Å². The summed E-state index contributed by atoms with van der Waals surface area (Å²) in [5.41, 5.74) is -1.57. The van der Waals surface area contributed by atoms with Crippen molar-refractivity contribution in [1.29, 1.82) is 0 Å². The molecule has 0 aliphatic heterocycles. The first kappa shape index (κ1) is 6.29. The van der Waals surface area contributed by atoms with Gasteiger partial charge in [-0.1, -0.05) is 6.08 Å². The van der Waals surface area contributed by atoms with Crippen LogP contribution in [-0.4, -0.2) is 21.8 Å². The SMILES string of the molecule is O=C(O)C1(O)C=CCC1. The molecule has 0 aromatic heterocycles. The minimum atomic E-state index is -1.57. The van der Waals surface area contributed by atoms with E-state index in [4.69, 9.17) is 10.2 Å². The van der Waals surface area contributed by atoms with E-state index in [1.165, 1.54) is 6.08 Å². The molecule has 0 aromatic carbocycles. The number of hydrogen-bond acceptors (Lipinski definition) is 2. The van der Waals surface area contributed by atoms with Crippen LogP contribution in [0.1, 0.15) is 12.8 Å². The van der Waals surface area contributed by atoms with E-state index < -0.39 is 11.6 Å². The maximum atomic E-state index is 10.2. The molecule has 0 saturated heterocycles. The van der Waals surface area contributed by atoms with Crippen molar-refractivity contribution in [2.45, 2.75) is 18.4 Å². The normalized spacial score (nSPS) is 33.0. The van der Waals surface area contributed by atoms with Crippen LogP contribution in [0.2, 0.25) is 0 Å². The van der Waals surface area contributed by atoms with E-state index in [0.29, 0.717) is 12.8 Å². The quantitative estimate of drug-likeness (QED) is 0.494. The summed E-state index contributed by atoms with van der Waals surface area (Å²) in [6.07, 6.45) is 3.97. The highest BCUT2D eigenvalue weighted by Gasteiger charge is 2.34. The zero-order valence-corrected chi connectivity index (χ0v) is 4.87. The van der Waals surface area contributed by atoms with Crippen LogP contribution in [-0.2, 0) is 4.79 Å². The van der Waals surface area contributed by atoms with Gasteiger partial charge in [0.05, 0.1) is 0 Å². The van der Waals surface area contributed by atoms with Crippen molar-refractivity contribution in [2.24, 2.45) is 0 Å². The Kier molecular flexibility index (Phi) is 1.29. The fourth-order valence-electron chi connectivity index (χ4n) is 0.843. The van der Waals surface area contributed by atoms with E-state index in [-0.39, 0.29) is 0 Å². The van der Waals surface area contributed by atoms with Crippen LogP contribution in [0.25, 0.3) is 0 Å². The van der Waals surface area contributed by atoms with Crippen LogP contribution in [0.5, 0.6) is 0 Å². The lowest BCUT2D eigenvalue weighted by atomic mass is 10.1. The van der Waals surface area contributed by atoms with Gasteiger partial charge in [-0.05, 0) is 18.9 Å². The third-order valence-electron chi connectivity index (χ3n) is 1.46. The van der Waals surface area contributed by atoms with E-state index in [2.05, 4.69) is 0 Å². The van der Waals surface area contributed by atoms with Gasteiger partial charge in [-0.3, -0.25) is 0 Å². The van der Waals surface area contributed by atoms with E-state index in [0.717, 1.165) is 0 Å². The van der Waals surface area contributed by atoms with Crippen LogP contribution in [0.15, 0.2) is 12.2 Å². The summed E-state index contributed by atoms with van der Waals surface area (Å²) in [4.78, 5) is 10.2. The molecule has 1 aliphatic carbocycles. The van der Waals surface area contributed by atoms with Crippen LogP contribution in [0, 0.1) is 0 Å². The first-order valence-corrected chi connectivity index (χ1v) is 2.79. The number of rotatable bonds is 1. The van der Waals surface area contributed by atoms with Crippen molar-refractivity contribution in [3.8, 4) is 0 Å². The minimum Gasteiger partial charge on any atom is -0.479 e. The van der Waals surface area contributed by atoms with Gasteiger partial charge in [0.2, 0.25) is 0 Å². The molecular weight excluding hydrogens is 120 g/mol. The molecule has 0 amide bonds. The molecule has 0 bridgehead atoms. The number of allylic oxidation sites excluding steroid dienone is 1. The van der Waals surface area contributed by atoms with Gasteiger partial charge in [0.25, 0.3) is 0 Å². The fraction of sp³-hybridized carbons (Fsp3) is 0.500. The van der Waals surface area contributed by atoms with Crippen molar-refractivity contribution < 1.29 is 15.0 Å². The summed E-state index contributed by atoms with van der Waals surface area (Å²) in [5.74, 6) is -1.16. The van der Waals surface area contributed by atoms with E-state index in [9.17, 15) is 4.79 Å². The zero-order chi connectivity index (χ0) is 6.91. The summed E-state index contributed by atoms with van der Waals surface area (Å²) in [5, 5.41) is 17.5. The Bertz CT molecular complexity index is 162. The van der Waals surface area contributed by atoms with Crippen LogP contribution < -0.4 is 0 Å². The second kappa shape index (κ2) is 1.84. The standard InChI is InChI=1S/C6H8O3/c7-5(8)6(9)3-1-2-4-6/h1,3,9H,2,4H2,(H,7,8). The molecule has 3 heteroatoms. The molecule has 0 aromatic rings. The van der Waals surface area contributed by atoms with Gasteiger partial charge >= 0.3 is 5.97 Å². The average molecular weight is 128 g/mol. The highest BCUT2D eigenvalue weighted by molar-refractivity contribution is 5.80. The van der Waals surface area contributed by atoms with Crippen molar-refractivity contribution >= 4 is 5.97 Å². The van der Waals surface area contributed by atoms with E-state index in [1.54, 1.807) is 6.08 Å². The predicted octanol–water partition coefficient (Wildman–Crippen LogP) is 0.152. The average Bonchev–Trinajstić information content (AvgIpc) is 2.16. The molecular formula is C6H8O3. The molecule has 2 N–H and O–H groups in total. The van der Waals surface area contributed by atoms with E-state index in [1.807, 2.05) is 0 Å². The van der Waals surface area contributed by atoms with Gasteiger partial charge in [0.15, 0.2) is 5.60 Å². The van der Waals surface area contributed by atoms with Crippen molar-refractivity contribution in [3.63, 3.8) is 0 Å². The third kappa shape index (κ3) is 0.954. The number of carbonyl (C=O) groups is 1. The highest BCUT2D eigenvalue weighted by atomic mass is 16.4. The number of carboxylic acids is 1. The molecule has 0 saturated carbocycles. The lowest BCUT2D eigenvalue weighted by molar-refractivity contribution is -0.153. The van der Waals surface area contributed by atoms with Crippen molar-refractivity contribution in [3.05, 3.63) is 12.2 Å². The molecule has 9 heavy (non-hydrogen) atoms. The van der Waals surface area contributed by atoms with E-state index >= 15 is 0 Å². The first-order chi connectivity index (χ1) is 4.15. The Labute approximate surface area is 52.6 Å². The second-order valence-electron chi connectivity index (χ2n) is 2.17. The summed E-state index contributed by atoms with van der Waals surface area (Å²) in [6.45, 7) is 0. The Morgan fingerprint density at radius 1 is 1.67 bits per heavy atom. The molecule has 3 nitrogen and oxygen atoms in total. The molecule has 1 rings (SSSR count). The van der Waals surface area contributed by atoms with Crippen molar-refractivity contribution in [2.75, 3.05) is 0 Å². The monoisotopic (exact) mass is 128 g/mol. The predicted molar refractivity (Wildman–Crippen MR) is 31.0 cm³/mol. The molecule has 1 unspecified atom stereocenters. The highest BCUT2D eigenvalue weighted by Crippen LogP contribution is 2.21. The first-order valence-electron chi connectivity index (χ1n) is 2.79. The molecule has 0 heterocycles. The summed E-state index contributed by atoms with van der Waals surface area (Å²) >= 11 is 0. The molecule has 0 radical (unpaired) electrons. The number of aliphatic carboxylic acids is 1. The smallest absolute Gasteiger partial charge is 0.339 e. The molecule has 50 valence electrons.